The lowest BCUT2D eigenvalue weighted by molar-refractivity contribution is 1.24. The van der Waals surface area contributed by atoms with Gasteiger partial charge in [0.15, 0.2) is 5.82 Å². The molecule has 0 bridgehead atoms. The number of hydrogen-bond acceptors (Lipinski definition) is 6. The minimum atomic E-state index is 0.408. The zero-order valence-electron chi connectivity index (χ0n) is 13.1. The van der Waals surface area contributed by atoms with Crippen LogP contribution in [0.3, 0.4) is 0 Å². The van der Waals surface area contributed by atoms with Gasteiger partial charge in [0.25, 0.3) is 0 Å². The quantitative estimate of drug-likeness (QED) is 0.569. The number of aromatic nitrogens is 2. The van der Waals surface area contributed by atoms with E-state index in [0.29, 0.717) is 22.8 Å². The Kier molecular flexibility index (Phi) is 3.77. The summed E-state index contributed by atoms with van der Waals surface area (Å²) in [6.07, 6.45) is 0. The largest absolute Gasteiger partial charge is 0.383 e. The summed E-state index contributed by atoms with van der Waals surface area (Å²) >= 11 is 1.50. The van der Waals surface area contributed by atoms with Gasteiger partial charge >= 0.3 is 0 Å². The van der Waals surface area contributed by atoms with Crippen LogP contribution in [0.2, 0.25) is 0 Å². The molecule has 0 aliphatic rings. The Bertz CT molecular complexity index is 1100. The van der Waals surface area contributed by atoms with Crippen molar-refractivity contribution in [1.29, 1.82) is 5.26 Å². The molecule has 0 saturated carbocycles. The molecule has 6 heteroatoms. The molecule has 2 aromatic heterocycles. The van der Waals surface area contributed by atoms with E-state index >= 15 is 0 Å². The number of hydrogen-bond donors (Lipinski definition) is 2. The van der Waals surface area contributed by atoms with E-state index in [2.05, 4.69) is 21.4 Å². The molecule has 4 aromatic rings. The maximum absolute atomic E-state index is 9.29. The number of nitrogens with two attached hydrogens (primary N) is 1. The molecule has 4 rings (SSSR count). The number of thiophene rings is 1. The van der Waals surface area contributed by atoms with Gasteiger partial charge in [0, 0.05) is 11.3 Å². The van der Waals surface area contributed by atoms with Crippen LogP contribution in [0.5, 0.6) is 0 Å². The summed E-state index contributed by atoms with van der Waals surface area (Å²) in [4.78, 5) is 9.79. The predicted octanol–water partition coefficient (Wildman–Crippen LogP) is 4.56. The molecule has 0 aliphatic heterocycles. The van der Waals surface area contributed by atoms with E-state index in [1.165, 1.54) is 11.3 Å². The van der Waals surface area contributed by atoms with Gasteiger partial charge in [-0.3, -0.25) is 0 Å². The molecule has 0 unspecified atom stereocenters. The van der Waals surface area contributed by atoms with Crippen LogP contribution >= 0.6 is 11.3 Å². The summed E-state index contributed by atoms with van der Waals surface area (Å²) in [5.41, 5.74) is 8.35. The van der Waals surface area contributed by atoms with Gasteiger partial charge in [-0.15, -0.1) is 0 Å². The van der Waals surface area contributed by atoms with E-state index in [4.69, 9.17) is 5.73 Å². The van der Waals surface area contributed by atoms with Gasteiger partial charge in [-0.25, -0.2) is 9.97 Å². The van der Waals surface area contributed by atoms with Crippen molar-refractivity contribution in [3.63, 3.8) is 0 Å². The highest BCUT2D eigenvalue weighted by Crippen LogP contribution is 2.34. The molecule has 0 atom stereocenters. The third-order valence-corrected chi connectivity index (χ3v) is 4.70. The third-order valence-electron chi connectivity index (χ3n) is 3.75. The molecular weight excluding hydrogens is 330 g/mol. The van der Waals surface area contributed by atoms with Crippen LogP contribution in [0.1, 0.15) is 5.56 Å². The average Bonchev–Trinajstić information content (AvgIpc) is 3.05. The summed E-state index contributed by atoms with van der Waals surface area (Å²) in [5.74, 6) is 0.875. The molecule has 120 valence electrons. The van der Waals surface area contributed by atoms with Crippen molar-refractivity contribution < 1.29 is 0 Å². The second-order valence-corrected chi connectivity index (χ2v) is 6.44. The van der Waals surface area contributed by atoms with Gasteiger partial charge in [-0.05, 0) is 30.3 Å². The lowest BCUT2D eigenvalue weighted by Crippen LogP contribution is -1.97. The van der Waals surface area contributed by atoms with E-state index in [-0.39, 0.29) is 0 Å². The van der Waals surface area contributed by atoms with Gasteiger partial charge in [0.2, 0.25) is 0 Å². The van der Waals surface area contributed by atoms with Crippen LogP contribution in [0.25, 0.3) is 21.6 Å². The fourth-order valence-corrected chi connectivity index (χ4v) is 3.52. The number of fused-ring (bicyclic) bond motifs is 1. The molecule has 25 heavy (non-hydrogen) atoms. The third kappa shape index (κ3) is 2.89. The Labute approximate surface area is 148 Å². The van der Waals surface area contributed by atoms with Crippen LogP contribution < -0.4 is 11.1 Å². The maximum Gasteiger partial charge on any atom is 0.164 e. The summed E-state index contributed by atoms with van der Waals surface area (Å²) in [7, 11) is 0. The summed E-state index contributed by atoms with van der Waals surface area (Å²) in [6.45, 7) is 0. The number of nitrogen functional groups attached to an aromatic ring is 1. The second-order valence-electron chi connectivity index (χ2n) is 5.41. The molecule has 0 saturated heterocycles. The van der Waals surface area contributed by atoms with E-state index in [9.17, 15) is 5.26 Å². The molecule has 2 heterocycles. The summed E-state index contributed by atoms with van der Waals surface area (Å²) in [6, 6.07) is 21.3. The lowest BCUT2D eigenvalue weighted by Gasteiger charge is -2.03. The molecule has 0 radical (unpaired) electrons. The van der Waals surface area contributed by atoms with E-state index in [1.807, 2.05) is 54.6 Å². The fourth-order valence-electron chi connectivity index (χ4n) is 2.56. The van der Waals surface area contributed by atoms with Gasteiger partial charge in [0.05, 0.1) is 22.0 Å². The van der Waals surface area contributed by atoms with Crippen molar-refractivity contribution in [3.05, 3.63) is 66.2 Å². The molecule has 0 spiro atoms. The number of rotatable bonds is 3. The first-order valence-corrected chi connectivity index (χ1v) is 8.45. The Morgan fingerprint density at radius 1 is 1.00 bits per heavy atom. The second kappa shape index (κ2) is 6.23. The first kappa shape index (κ1) is 15.1. The van der Waals surface area contributed by atoms with Gasteiger partial charge in [-0.1, -0.05) is 41.7 Å². The normalized spacial score (nSPS) is 10.5. The van der Waals surface area contributed by atoms with E-state index < -0.39 is 0 Å². The molecule has 0 amide bonds. The number of nitrogens with zero attached hydrogens (tertiary/aromatic N) is 3. The monoisotopic (exact) mass is 343 g/mol. The van der Waals surface area contributed by atoms with Crippen LogP contribution in [0, 0.1) is 11.3 Å². The smallest absolute Gasteiger partial charge is 0.164 e. The van der Waals surface area contributed by atoms with Gasteiger partial charge in [-0.2, -0.15) is 5.26 Å². The van der Waals surface area contributed by atoms with E-state index in [1.54, 1.807) is 6.07 Å². The highest BCUT2D eigenvalue weighted by Gasteiger charge is 2.13. The van der Waals surface area contributed by atoms with Crippen molar-refractivity contribution >= 4 is 38.1 Å². The molecular formula is C19H13N5S. The SMILES string of the molecule is N#Cc1ccccc1-c1nc(N)c2cc(Nc3ccccc3)sc2n1. The minimum Gasteiger partial charge on any atom is -0.383 e. The zero-order valence-corrected chi connectivity index (χ0v) is 13.9. The zero-order chi connectivity index (χ0) is 17.2. The van der Waals surface area contributed by atoms with Gasteiger partial charge < -0.3 is 11.1 Å². The molecule has 3 N–H and O–H groups in total. The number of para-hydroxylation sites is 1. The molecule has 0 fully saturated rings. The van der Waals surface area contributed by atoms with Crippen LogP contribution in [0.4, 0.5) is 16.5 Å². The molecule has 0 aliphatic carbocycles. The Morgan fingerprint density at radius 2 is 1.76 bits per heavy atom. The Morgan fingerprint density at radius 3 is 2.56 bits per heavy atom. The topological polar surface area (TPSA) is 87.6 Å². The predicted molar refractivity (Wildman–Crippen MR) is 102 cm³/mol. The highest BCUT2D eigenvalue weighted by atomic mass is 32.1. The van der Waals surface area contributed by atoms with Gasteiger partial charge in [0.1, 0.15) is 10.6 Å². The van der Waals surface area contributed by atoms with Crippen molar-refractivity contribution in [1.82, 2.24) is 9.97 Å². The number of nitrogens with one attached hydrogen (secondary N) is 1. The van der Waals surface area contributed by atoms with Crippen LogP contribution in [-0.2, 0) is 0 Å². The first-order chi connectivity index (χ1) is 12.2. The standard InChI is InChI=1S/C19H13N5S/c20-11-12-6-4-5-9-14(12)18-23-17(21)15-10-16(25-19(15)24-18)22-13-7-2-1-3-8-13/h1-10,22H,(H2,21,23,24). The average molecular weight is 343 g/mol. The lowest BCUT2D eigenvalue weighted by atomic mass is 10.1. The number of anilines is 3. The molecule has 2 aromatic carbocycles. The van der Waals surface area contributed by atoms with Crippen molar-refractivity contribution in [3.8, 4) is 17.5 Å². The molecule has 5 nitrogen and oxygen atoms in total. The van der Waals surface area contributed by atoms with Crippen LogP contribution in [-0.4, -0.2) is 9.97 Å². The number of nitriles is 1. The van der Waals surface area contributed by atoms with E-state index in [0.717, 1.165) is 20.9 Å². The maximum atomic E-state index is 9.29. The first-order valence-electron chi connectivity index (χ1n) is 7.63. The van der Waals surface area contributed by atoms with Crippen LogP contribution in [0.15, 0.2) is 60.7 Å². The summed E-state index contributed by atoms with van der Waals surface area (Å²) in [5, 5.41) is 14.4. The van der Waals surface area contributed by atoms with Crippen molar-refractivity contribution in [2.75, 3.05) is 11.1 Å². The number of benzene rings is 2. The summed E-state index contributed by atoms with van der Waals surface area (Å²) < 4.78 is 0. The van der Waals surface area contributed by atoms with Crippen molar-refractivity contribution in [2.45, 2.75) is 0 Å². The fraction of sp³-hybridized carbons (Fsp3) is 0. The highest BCUT2D eigenvalue weighted by molar-refractivity contribution is 7.22. The Balaban J connectivity index is 1.79. The minimum absolute atomic E-state index is 0.408. The van der Waals surface area contributed by atoms with Crippen molar-refractivity contribution in [2.24, 2.45) is 0 Å². The Hall–Kier alpha value is -3.43.